The predicted octanol–water partition coefficient (Wildman–Crippen LogP) is 6.00. The molecular weight excluding hydrogens is 372 g/mol. The van der Waals surface area contributed by atoms with E-state index in [1.165, 1.54) is 41.4 Å². The molecule has 0 aromatic heterocycles. The molecule has 1 aromatic carbocycles. The standard InChI is InChI=1S/C26H36N2O2/c1-8-19(24(29)30)15-27-17(2)28(16-18-9-10-18)23-14-20(25(3,4)5)13-22-21(23)11-12-26(22,6)7/h8,13-15,18H,2,9-12,16H2,1,3-7H3,(H,29,30)/b19-8+,27-15-. The van der Waals surface area contributed by atoms with E-state index in [2.05, 4.69) is 63.2 Å². The van der Waals surface area contributed by atoms with Crippen molar-refractivity contribution in [2.45, 2.75) is 78.1 Å². The lowest BCUT2D eigenvalue weighted by Crippen LogP contribution is -2.26. The number of hydrogen-bond donors (Lipinski definition) is 1. The number of aliphatic imine (C=N–C) groups is 1. The van der Waals surface area contributed by atoms with Gasteiger partial charge >= 0.3 is 5.97 Å². The first-order valence-corrected chi connectivity index (χ1v) is 11.0. The third-order valence-corrected chi connectivity index (χ3v) is 6.47. The smallest absolute Gasteiger partial charge is 0.336 e. The van der Waals surface area contributed by atoms with E-state index < -0.39 is 5.97 Å². The molecule has 0 heterocycles. The molecule has 0 spiro atoms. The number of hydrogen-bond acceptors (Lipinski definition) is 3. The molecule has 2 aliphatic carbocycles. The van der Waals surface area contributed by atoms with Crippen molar-refractivity contribution in [3.8, 4) is 0 Å². The molecule has 162 valence electrons. The topological polar surface area (TPSA) is 52.9 Å². The van der Waals surface area contributed by atoms with Crippen LogP contribution in [0.15, 0.2) is 41.2 Å². The van der Waals surface area contributed by atoms with Crippen LogP contribution in [0, 0.1) is 5.92 Å². The van der Waals surface area contributed by atoms with Crippen LogP contribution in [0.4, 0.5) is 5.69 Å². The number of anilines is 1. The molecule has 3 rings (SSSR count). The summed E-state index contributed by atoms with van der Waals surface area (Å²) in [4.78, 5) is 18.1. The molecule has 0 bridgehead atoms. The fourth-order valence-electron chi connectivity index (χ4n) is 4.14. The maximum atomic E-state index is 11.3. The summed E-state index contributed by atoms with van der Waals surface area (Å²) < 4.78 is 0. The molecular formula is C26H36N2O2. The van der Waals surface area contributed by atoms with Crippen molar-refractivity contribution in [1.29, 1.82) is 0 Å². The minimum atomic E-state index is -0.972. The molecule has 1 saturated carbocycles. The van der Waals surface area contributed by atoms with E-state index in [0.29, 0.717) is 11.7 Å². The summed E-state index contributed by atoms with van der Waals surface area (Å²) in [5.41, 5.74) is 5.73. The van der Waals surface area contributed by atoms with Crippen molar-refractivity contribution in [3.63, 3.8) is 0 Å². The first-order chi connectivity index (χ1) is 13.9. The Kier molecular flexibility index (Phi) is 5.99. The Bertz CT molecular complexity index is 912. The minimum Gasteiger partial charge on any atom is -0.478 e. The van der Waals surface area contributed by atoms with Crippen molar-refractivity contribution in [3.05, 3.63) is 52.9 Å². The molecule has 1 fully saturated rings. The van der Waals surface area contributed by atoms with E-state index in [1.54, 1.807) is 13.0 Å². The molecule has 0 atom stereocenters. The molecule has 0 aliphatic heterocycles. The molecule has 0 amide bonds. The third-order valence-electron chi connectivity index (χ3n) is 6.47. The highest BCUT2D eigenvalue weighted by Crippen LogP contribution is 2.46. The van der Waals surface area contributed by atoms with E-state index in [4.69, 9.17) is 0 Å². The van der Waals surface area contributed by atoms with Gasteiger partial charge in [-0.2, -0.15) is 0 Å². The second-order valence-corrected chi connectivity index (χ2v) is 10.4. The molecule has 0 radical (unpaired) electrons. The van der Waals surface area contributed by atoms with Gasteiger partial charge in [0.25, 0.3) is 0 Å². The minimum absolute atomic E-state index is 0.0414. The predicted molar refractivity (Wildman–Crippen MR) is 126 cm³/mol. The number of aliphatic carboxylic acids is 1. The number of fused-ring (bicyclic) bond motifs is 1. The van der Waals surface area contributed by atoms with Crippen molar-refractivity contribution >= 4 is 17.9 Å². The molecule has 0 saturated heterocycles. The van der Waals surface area contributed by atoms with Crippen LogP contribution in [0.2, 0.25) is 0 Å². The highest BCUT2D eigenvalue weighted by Gasteiger charge is 2.36. The Morgan fingerprint density at radius 1 is 1.33 bits per heavy atom. The van der Waals surface area contributed by atoms with Crippen molar-refractivity contribution in [2.75, 3.05) is 11.4 Å². The second kappa shape index (κ2) is 8.05. The van der Waals surface area contributed by atoms with Gasteiger partial charge in [-0.15, -0.1) is 0 Å². The Hall–Kier alpha value is -2.36. The first-order valence-electron chi connectivity index (χ1n) is 11.0. The van der Waals surface area contributed by atoms with Crippen molar-refractivity contribution < 1.29 is 9.90 Å². The van der Waals surface area contributed by atoms with E-state index in [-0.39, 0.29) is 16.4 Å². The quantitative estimate of drug-likeness (QED) is 0.445. The fraction of sp³-hybridized carbons (Fsp3) is 0.538. The van der Waals surface area contributed by atoms with Crippen LogP contribution in [0.3, 0.4) is 0 Å². The van der Waals surface area contributed by atoms with Crippen LogP contribution in [0.5, 0.6) is 0 Å². The average Bonchev–Trinajstić information content (AvgIpc) is 3.42. The van der Waals surface area contributed by atoms with Crippen LogP contribution < -0.4 is 4.90 Å². The van der Waals surface area contributed by atoms with E-state index >= 15 is 0 Å². The Labute approximate surface area is 181 Å². The summed E-state index contributed by atoms with van der Waals surface area (Å²) in [6.45, 7) is 18.3. The zero-order valence-electron chi connectivity index (χ0n) is 19.4. The van der Waals surface area contributed by atoms with Gasteiger partial charge in [0.15, 0.2) is 0 Å². The van der Waals surface area contributed by atoms with Gasteiger partial charge in [0, 0.05) is 18.4 Å². The van der Waals surface area contributed by atoms with Crippen LogP contribution in [0.1, 0.15) is 77.5 Å². The van der Waals surface area contributed by atoms with Gasteiger partial charge in [-0.05, 0) is 72.1 Å². The lowest BCUT2D eigenvalue weighted by Gasteiger charge is -2.31. The number of carbonyl (C=O) groups is 1. The summed E-state index contributed by atoms with van der Waals surface area (Å²) in [6.07, 6.45) is 7.63. The normalized spacial score (nSPS) is 18.5. The highest BCUT2D eigenvalue weighted by molar-refractivity contribution is 6.08. The first kappa shape index (κ1) is 22.3. The Morgan fingerprint density at radius 3 is 2.53 bits per heavy atom. The van der Waals surface area contributed by atoms with E-state index in [0.717, 1.165) is 19.4 Å². The number of benzene rings is 1. The van der Waals surface area contributed by atoms with Gasteiger partial charge in [-0.3, -0.25) is 0 Å². The number of nitrogens with zero attached hydrogens (tertiary/aromatic N) is 2. The number of allylic oxidation sites excluding steroid dienone is 1. The maximum absolute atomic E-state index is 11.3. The van der Waals surface area contributed by atoms with Gasteiger partial charge in [0.1, 0.15) is 5.82 Å². The van der Waals surface area contributed by atoms with Crippen LogP contribution in [-0.2, 0) is 22.0 Å². The summed E-state index contributed by atoms with van der Waals surface area (Å²) in [5, 5.41) is 9.30. The van der Waals surface area contributed by atoms with Crippen LogP contribution >= 0.6 is 0 Å². The fourth-order valence-corrected chi connectivity index (χ4v) is 4.14. The number of carboxylic acid groups (broad SMARTS) is 1. The van der Waals surface area contributed by atoms with Crippen LogP contribution in [0.25, 0.3) is 0 Å². The lowest BCUT2D eigenvalue weighted by molar-refractivity contribution is -0.132. The number of rotatable bonds is 7. The largest absolute Gasteiger partial charge is 0.478 e. The van der Waals surface area contributed by atoms with Crippen molar-refractivity contribution in [1.82, 2.24) is 0 Å². The zero-order chi connectivity index (χ0) is 22.3. The summed E-state index contributed by atoms with van der Waals surface area (Å²) in [7, 11) is 0. The zero-order valence-corrected chi connectivity index (χ0v) is 19.4. The summed E-state index contributed by atoms with van der Waals surface area (Å²) >= 11 is 0. The van der Waals surface area contributed by atoms with Gasteiger partial charge in [-0.25, -0.2) is 9.79 Å². The van der Waals surface area contributed by atoms with Gasteiger partial charge < -0.3 is 10.0 Å². The SMILES string of the molecule is C=C(/N=C\C(=C/C)C(=O)O)N(CC1CC1)c1cc(C(C)(C)C)cc2c1CCC2(C)C. The molecule has 1 aromatic rings. The maximum Gasteiger partial charge on any atom is 0.336 e. The van der Waals surface area contributed by atoms with Gasteiger partial charge in [0.05, 0.1) is 5.57 Å². The van der Waals surface area contributed by atoms with Crippen molar-refractivity contribution in [2.24, 2.45) is 10.9 Å². The molecule has 2 aliphatic rings. The Morgan fingerprint density at radius 2 is 2.00 bits per heavy atom. The molecule has 4 nitrogen and oxygen atoms in total. The van der Waals surface area contributed by atoms with E-state index in [1.807, 2.05) is 0 Å². The summed E-state index contributed by atoms with van der Waals surface area (Å²) in [6, 6.07) is 4.71. The average molecular weight is 409 g/mol. The molecule has 4 heteroatoms. The summed E-state index contributed by atoms with van der Waals surface area (Å²) in [5.74, 6) is 0.293. The third kappa shape index (κ3) is 4.69. The van der Waals surface area contributed by atoms with E-state index in [9.17, 15) is 9.90 Å². The number of carboxylic acids is 1. The monoisotopic (exact) mass is 408 g/mol. The van der Waals surface area contributed by atoms with Crippen LogP contribution in [-0.4, -0.2) is 23.8 Å². The molecule has 0 unspecified atom stereocenters. The Balaban J connectivity index is 2.08. The molecule has 30 heavy (non-hydrogen) atoms. The van der Waals surface area contributed by atoms with Gasteiger partial charge in [0.2, 0.25) is 0 Å². The highest BCUT2D eigenvalue weighted by atomic mass is 16.4. The second-order valence-electron chi connectivity index (χ2n) is 10.4. The lowest BCUT2D eigenvalue weighted by atomic mass is 9.80. The molecule has 1 N–H and O–H groups in total. The van der Waals surface area contributed by atoms with Gasteiger partial charge in [-0.1, -0.05) is 53.3 Å².